The molecule has 0 spiro atoms. The molecule has 2 aliphatic heterocycles. The fourth-order valence-electron chi connectivity index (χ4n) is 3.41. The number of amides is 1. The van der Waals surface area contributed by atoms with E-state index >= 15 is 0 Å². The van der Waals surface area contributed by atoms with Crippen molar-refractivity contribution in [2.45, 2.75) is 45.3 Å². The van der Waals surface area contributed by atoms with Gasteiger partial charge in [0.05, 0.1) is 12.0 Å². The summed E-state index contributed by atoms with van der Waals surface area (Å²) in [7, 11) is 0. The van der Waals surface area contributed by atoms with Gasteiger partial charge in [0, 0.05) is 19.6 Å². The fourth-order valence-corrected chi connectivity index (χ4v) is 3.41. The Morgan fingerprint density at radius 3 is 2.20 bits per heavy atom. The van der Waals surface area contributed by atoms with Gasteiger partial charge in [-0.1, -0.05) is 13.8 Å². The van der Waals surface area contributed by atoms with Crippen LogP contribution in [0, 0.1) is 17.8 Å². The maximum absolute atomic E-state index is 12.6. The number of carbonyl (C=O) groups is 1. The lowest BCUT2D eigenvalue weighted by Gasteiger charge is -2.39. The monoisotopic (exact) mass is 292 g/mol. The first-order valence-corrected chi connectivity index (χ1v) is 7.36. The quantitative estimate of drug-likeness (QED) is 0.805. The molecule has 0 aromatic carbocycles. The Hall–Kier alpha value is -0.780. The van der Waals surface area contributed by atoms with Crippen molar-refractivity contribution in [1.82, 2.24) is 10.2 Å². The Bertz CT molecular complexity index is 341. The molecule has 0 bridgehead atoms. The van der Waals surface area contributed by atoms with E-state index in [0.717, 1.165) is 19.5 Å². The van der Waals surface area contributed by atoms with Crippen molar-refractivity contribution in [2.75, 3.05) is 19.6 Å². The lowest BCUT2D eigenvalue weighted by molar-refractivity contribution is -0.181. The van der Waals surface area contributed by atoms with E-state index in [4.69, 9.17) is 0 Å². The van der Waals surface area contributed by atoms with Crippen LogP contribution < -0.4 is 5.32 Å². The van der Waals surface area contributed by atoms with E-state index in [1.807, 2.05) is 4.90 Å². The van der Waals surface area contributed by atoms with Gasteiger partial charge in [-0.25, -0.2) is 0 Å². The Labute approximate surface area is 117 Å². The largest absolute Gasteiger partial charge is 0.393 e. The number of carbonyl (C=O) groups excluding carboxylic acids is 1. The van der Waals surface area contributed by atoms with Crippen LogP contribution in [0.2, 0.25) is 0 Å². The minimum absolute atomic E-state index is 0.0241. The van der Waals surface area contributed by atoms with Crippen LogP contribution in [-0.4, -0.2) is 42.7 Å². The molecule has 0 aromatic heterocycles. The molecule has 1 N–H and O–H groups in total. The number of halogens is 3. The molecule has 3 nitrogen and oxygen atoms in total. The predicted octanol–water partition coefficient (Wildman–Crippen LogP) is 2.42. The summed E-state index contributed by atoms with van der Waals surface area (Å²) in [5, 5.41) is 2.79. The molecule has 0 saturated carbocycles. The molecule has 20 heavy (non-hydrogen) atoms. The van der Waals surface area contributed by atoms with Crippen molar-refractivity contribution < 1.29 is 18.0 Å². The van der Waals surface area contributed by atoms with Crippen LogP contribution in [0.4, 0.5) is 13.2 Å². The second-order valence-electron chi connectivity index (χ2n) is 6.47. The first-order chi connectivity index (χ1) is 9.27. The standard InChI is InChI=1S/C14H23F3N2O/c1-9-5-10(2)8-19(7-9)13(20)12-4-3-11(6-18-12)14(15,16)17/h9-12,18H,3-8H2,1-2H3. The maximum atomic E-state index is 12.6. The highest BCUT2D eigenvalue weighted by atomic mass is 19.4. The molecule has 2 heterocycles. The third-order valence-corrected chi connectivity index (χ3v) is 4.36. The molecule has 0 aliphatic carbocycles. The fraction of sp³-hybridized carbons (Fsp3) is 0.929. The molecule has 0 radical (unpaired) electrons. The summed E-state index contributed by atoms with van der Waals surface area (Å²) in [6, 6.07) is -0.439. The molecular formula is C14H23F3N2O. The van der Waals surface area contributed by atoms with Gasteiger partial charge >= 0.3 is 6.18 Å². The zero-order valence-corrected chi connectivity index (χ0v) is 12.0. The average molecular weight is 292 g/mol. The molecule has 116 valence electrons. The highest BCUT2D eigenvalue weighted by molar-refractivity contribution is 5.82. The number of hydrogen-bond acceptors (Lipinski definition) is 2. The normalized spacial score (nSPS) is 36.0. The number of piperidine rings is 2. The highest BCUT2D eigenvalue weighted by Crippen LogP contribution is 2.32. The van der Waals surface area contributed by atoms with Crippen LogP contribution in [0.3, 0.4) is 0 Å². The van der Waals surface area contributed by atoms with Crippen LogP contribution in [0.1, 0.15) is 33.1 Å². The molecule has 2 rings (SSSR count). The molecule has 2 aliphatic rings. The number of hydrogen-bond donors (Lipinski definition) is 1. The zero-order valence-electron chi connectivity index (χ0n) is 12.0. The summed E-state index contributed by atoms with van der Waals surface area (Å²) in [6.07, 6.45) is -2.72. The number of nitrogens with zero attached hydrogens (tertiary/aromatic N) is 1. The van der Waals surface area contributed by atoms with E-state index in [2.05, 4.69) is 19.2 Å². The van der Waals surface area contributed by atoms with Crippen LogP contribution in [0.15, 0.2) is 0 Å². The molecule has 2 saturated heterocycles. The van der Waals surface area contributed by atoms with Gasteiger partial charge in [-0.3, -0.25) is 4.79 Å². The van der Waals surface area contributed by atoms with Crippen LogP contribution in [0.25, 0.3) is 0 Å². The van der Waals surface area contributed by atoms with Gasteiger partial charge in [-0.15, -0.1) is 0 Å². The molecule has 0 aromatic rings. The van der Waals surface area contributed by atoms with Crippen LogP contribution in [0.5, 0.6) is 0 Å². The second kappa shape index (κ2) is 5.92. The van der Waals surface area contributed by atoms with Crippen molar-refractivity contribution in [2.24, 2.45) is 17.8 Å². The Balaban J connectivity index is 1.88. The van der Waals surface area contributed by atoms with E-state index in [1.165, 1.54) is 0 Å². The van der Waals surface area contributed by atoms with Crippen molar-refractivity contribution in [3.63, 3.8) is 0 Å². The minimum atomic E-state index is -4.16. The van der Waals surface area contributed by atoms with Gasteiger partial charge in [-0.2, -0.15) is 13.2 Å². The summed E-state index contributed by atoms with van der Waals surface area (Å²) < 4.78 is 37.8. The van der Waals surface area contributed by atoms with Crippen molar-refractivity contribution in [3.8, 4) is 0 Å². The number of alkyl halides is 3. The van der Waals surface area contributed by atoms with Crippen LogP contribution >= 0.6 is 0 Å². The summed E-state index contributed by atoms with van der Waals surface area (Å²) in [4.78, 5) is 14.2. The van der Waals surface area contributed by atoms with Gasteiger partial charge in [0.25, 0.3) is 0 Å². The number of likely N-dealkylation sites (tertiary alicyclic amines) is 1. The van der Waals surface area contributed by atoms with Gasteiger partial charge in [0.15, 0.2) is 0 Å². The molecule has 6 heteroatoms. The van der Waals surface area contributed by atoms with Gasteiger partial charge < -0.3 is 10.2 Å². The van der Waals surface area contributed by atoms with E-state index in [-0.39, 0.29) is 25.3 Å². The van der Waals surface area contributed by atoms with Crippen molar-refractivity contribution in [1.29, 1.82) is 0 Å². The molecular weight excluding hydrogens is 269 g/mol. The van der Waals surface area contributed by atoms with Gasteiger partial charge in [0.1, 0.15) is 0 Å². The molecule has 1 amide bonds. The summed E-state index contributed by atoms with van der Waals surface area (Å²) in [5.74, 6) is -0.404. The third kappa shape index (κ3) is 3.65. The summed E-state index contributed by atoms with van der Waals surface area (Å²) in [5.41, 5.74) is 0. The predicted molar refractivity (Wildman–Crippen MR) is 70.1 cm³/mol. The van der Waals surface area contributed by atoms with Crippen molar-refractivity contribution >= 4 is 5.91 Å². The topological polar surface area (TPSA) is 32.3 Å². The lowest BCUT2D eigenvalue weighted by atomic mass is 9.89. The van der Waals surface area contributed by atoms with E-state index < -0.39 is 18.1 Å². The second-order valence-corrected chi connectivity index (χ2v) is 6.47. The average Bonchev–Trinajstić information content (AvgIpc) is 2.36. The summed E-state index contributed by atoms with van der Waals surface area (Å²) in [6.45, 7) is 5.54. The lowest BCUT2D eigenvalue weighted by Crippen LogP contribution is -2.54. The van der Waals surface area contributed by atoms with E-state index in [9.17, 15) is 18.0 Å². The van der Waals surface area contributed by atoms with Gasteiger partial charge in [0.2, 0.25) is 5.91 Å². The molecule has 4 unspecified atom stereocenters. The Morgan fingerprint density at radius 1 is 1.15 bits per heavy atom. The highest BCUT2D eigenvalue weighted by Gasteiger charge is 2.43. The Kier molecular flexibility index (Phi) is 4.62. The summed E-state index contributed by atoms with van der Waals surface area (Å²) >= 11 is 0. The first-order valence-electron chi connectivity index (χ1n) is 7.36. The van der Waals surface area contributed by atoms with E-state index in [1.54, 1.807) is 0 Å². The van der Waals surface area contributed by atoms with Gasteiger partial charge in [-0.05, 0) is 31.1 Å². The first kappa shape index (κ1) is 15.6. The van der Waals surface area contributed by atoms with Crippen molar-refractivity contribution in [3.05, 3.63) is 0 Å². The molecule has 4 atom stereocenters. The Morgan fingerprint density at radius 2 is 1.75 bits per heavy atom. The van der Waals surface area contributed by atoms with Crippen LogP contribution in [-0.2, 0) is 4.79 Å². The maximum Gasteiger partial charge on any atom is 0.393 e. The zero-order chi connectivity index (χ0) is 14.9. The third-order valence-electron chi connectivity index (χ3n) is 4.36. The minimum Gasteiger partial charge on any atom is -0.341 e. The molecule has 2 fully saturated rings. The number of nitrogens with one attached hydrogen (secondary N) is 1. The van der Waals surface area contributed by atoms with E-state index in [0.29, 0.717) is 11.8 Å². The number of rotatable bonds is 1. The smallest absolute Gasteiger partial charge is 0.341 e. The SMILES string of the molecule is CC1CC(C)CN(C(=O)C2CCC(C(F)(F)F)CN2)C1.